The summed E-state index contributed by atoms with van der Waals surface area (Å²) in [6, 6.07) is 12.4. The lowest BCUT2D eigenvalue weighted by molar-refractivity contribution is 0.0600. The molecule has 0 spiro atoms. The van der Waals surface area contributed by atoms with Crippen LogP contribution < -0.4 is 9.47 Å². The number of nitrogens with zero attached hydrogens (tertiary/aromatic N) is 1. The first kappa shape index (κ1) is 17.3. The third kappa shape index (κ3) is 4.49. The lowest BCUT2D eigenvalue weighted by Crippen LogP contribution is -2.01. The molecule has 0 atom stereocenters. The fourth-order valence-corrected chi connectivity index (χ4v) is 1.99. The Morgan fingerprint density at radius 1 is 1.04 bits per heavy atom. The molecule has 0 N–H and O–H groups in total. The number of oxime groups is 1. The van der Waals surface area contributed by atoms with Crippen LogP contribution in [0.5, 0.6) is 11.5 Å². The molecule has 0 heterocycles. The minimum atomic E-state index is -0.368. The van der Waals surface area contributed by atoms with Crippen molar-refractivity contribution in [3.63, 3.8) is 0 Å². The van der Waals surface area contributed by atoms with E-state index in [1.54, 1.807) is 50.8 Å². The fourth-order valence-electron chi connectivity index (χ4n) is 1.99. The highest BCUT2D eigenvalue weighted by Gasteiger charge is 2.05. The molecule has 126 valence electrons. The number of rotatable bonds is 7. The molecule has 0 saturated carbocycles. The van der Waals surface area contributed by atoms with Gasteiger partial charge in [0.05, 0.1) is 33.1 Å². The minimum Gasteiger partial charge on any atom is -0.497 e. The number of esters is 1. The van der Waals surface area contributed by atoms with Gasteiger partial charge in [0.25, 0.3) is 0 Å². The van der Waals surface area contributed by atoms with Crippen molar-refractivity contribution >= 4 is 12.2 Å². The zero-order valence-corrected chi connectivity index (χ0v) is 13.8. The molecule has 6 heteroatoms. The Bertz CT molecular complexity index is 710. The highest BCUT2D eigenvalue weighted by molar-refractivity contribution is 5.89. The molecule has 0 aliphatic carbocycles. The second-order valence-corrected chi connectivity index (χ2v) is 4.80. The van der Waals surface area contributed by atoms with Crippen molar-refractivity contribution in [2.24, 2.45) is 5.16 Å². The van der Waals surface area contributed by atoms with Crippen LogP contribution in [0.2, 0.25) is 0 Å². The van der Waals surface area contributed by atoms with Gasteiger partial charge in [0.2, 0.25) is 0 Å². The number of ether oxygens (including phenoxy) is 3. The molecule has 6 nitrogen and oxygen atoms in total. The predicted octanol–water partition coefficient (Wildman–Crippen LogP) is 3.04. The summed E-state index contributed by atoms with van der Waals surface area (Å²) in [5.41, 5.74) is 2.16. The zero-order valence-electron chi connectivity index (χ0n) is 13.8. The van der Waals surface area contributed by atoms with E-state index in [1.165, 1.54) is 7.11 Å². The van der Waals surface area contributed by atoms with E-state index in [0.29, 0.717) is 17.1 Å². The minimum absolute atomic E-state index is 0.288. The molecule has 0 fully saturated rings. The summed E-state index contributed by atoms with van der Waals surface area (Å²) < 4.78 is 15.1. The van der Waals surface area contributed by atoms with E-state index in [9.17, 15) is 4.79 Å². The molecular weight excluding hydrogens is 310 g/mol. The molecule has 2 rings (SSSR count). The monoisotopic (exact) mass is 329 g/mol. The van der Waals surface area contributed by atoms with Crippen molar-refractivity contribution < 1.29 is 23.8 Å². The van der Waals surface area contributed by atoms with E-state index in [2.05, 4.69) is 9.89 Å². The second-order valence-electron chi connectivity index (χ2n) is 4.80. The largest absolute Gasteiger partial charge is 0.497 e. The van der Waals surface area contributed by atoms with Gasteiger partial charge in [-0.25, -0.2) is 4.79 Å². The van der Waals surface area contributed by atoms with Gasteiger partial charge in [0, 0.05) is 11.6 Å². The van der Waals surface area contributed by atoms with Gasteiger partial charge in [-0.15, -0.1) is 0 Å². The van der Waals surface area contributed by atoms with Gasteiger partial charge in [-0.1, -0.05) is 17.3 Å². The van der Waals surface area contributed by atoms with E-state index in [-0.39, 0.29) is 12.6 Å². The number of benzene rings is 2. The van der Waals surface area contributed by atoms with Crippen molar-refractivity contribution in [3.8, 4) is 11.5 Å². The van der Waals surface area contributed by atoms with Crippen LogP contribution in [-0.2, 0) is 16.2 Å². The third-order valence-electron chi connectivity index (χ3n) is 3.31. The van der Waals surface area contributed by atoms with Crippen LogP contribution in [0.25, 0.3) is 0 Å². The highest BCUT2D eigenvalue weighted by Crippen LogP contribution is 2.23. The van der Waals surface area contributed by atoms with Crippen molar-refractivity contribution in [1.29, 1.82) is 0 Å². The topological polar surface area (TPSA) is 66.4 Å². The second kappa shape index (κ2) is 8.57. The Labute approximate surface area is 140 Å². The Morgan fingerprint density at radius 2 is 1.79 bits per heavy atom. The van der Waals surface area contributed by atoms with E-state index >= 15 is 0 Å². The molecule has 24 heavy (non-hydrogen) atoms. The van der Waals surface area contributed by atoms with Crippen molar-refractivity contribution in [1.82, 2.24) is 0 Å². The molecule has 2 aromatic rings. The van der Waals surface area contributed by atoms with Gasteiger partial charge >= 0.3 is 5.97 Å². The molecule has 2 aromatic carbocycles. The molecular formula is C18H19NO5. The summed E-state index contributed by atoms with van der Waals surface area (Å²) in [6.07, 6.45) is 1.57. The first-order valence-corrected chi connectivity index (χ1v) is 7.22. The molecule has 0 saturated heterocycles. The summed E-state index contributed by atoms with van der Waals surface area (Å²) in [5.74, 6) is 0.979. The molecule has 0 aliphatic rings. The molecule has 0 aliphatic heterocycles. The van der Waals surface area contributed by atoms with Crippen LogP contribution in [0.4, 0.5) is 0 Å². The number of methoxy groups -OCH3 is 3. The van der Waals surface area contributed by atoms with Gasteiger partial charge in [-0.3, -0.25) is 0 Å². The summed E-state index contributed by atoms with van der Waals surface area (Å²) in [4.78, 5) is 16.6. The summed E-state index contributed by atoms with van der Waals surface area (Å²) in [6.45, 7) is 0.288. The average Bonchev–Trinajstić information content (AvgIpc) is 2.65. The van der Waals surface area contributed by atoms with Gasteiger partial charge < -0.3 is 19.0 Å². The van der Waals surface area contributed by atoms with Crippen molar-refractivity contribution in [2.45, 2.75) is 6.61 Å². The molecule has 0 unspecified atom stereocenters. The van der Waals surface area contributed by atoms with E-state index < -0.39 is 0 Å². The summed E-state index contributed by atoms with van der Waals surface area (Å²) in [5, 5.41) is 3.94. The normalized spacial score (nSPS) is 10.5. The van der Waals surface area contributed by atoms with Crippen molar-refractivity contribution in [2.75, 3.05) is 21.3 Å². The fraction of sp³-hybridized carbons (Fsp3) is 0.222. The maximum absolute atomic E-state index is 11.4. The number of carbonyl (C=O) groups is 1. The van der Waals surface area contributed by atoms with Crippen LogP contribution in [0, 0.1) is 0 Å². The lowest BCUT2D eigenvalue weighted by atomic mass is 10.1. The lowest BCUT2D eigenvalue weighted by Gasteiger charge is -2.07. The van der Waals surface area contributed by atoms with Crippen LogP contribution in [-0.4, -0.2) is 33.5 Å². The van der Waals surface area contributed by atoms with Gasteiger partial charge in [-0.2, -0.15) is 0 Å². The molecule has 0 bridgehead atoms. The maximum Gasteiger partial charge on any atom is 0.337 e. The van der Waals surface area contributed by atoms with Crippen LogP contribution in [0.15, 0.2) is 47.6 Å². The van der Waals surface area contributed by atoms with Gasteiger partial charge in [0.15, 0.2) is 0 Å². The Morgan fingerprint density at radius 3 is 2.42 bits per heavy atom. The predicted molar refractivity (Wildman–Crippen MR) is 89.7 cm³/mol. The molecule has 0 radical (unpaired) electrons. The molecule has 0 aromatic heterocycles. The average molecular weight is 329 g/mol. The standard InChI is InChI=1S/C18H19NO5/c1-21-16-9-8-15(17(10-16)22-2)11-19-24-12-13-4-6-14(7-5-13)18(20)23-3/h4-11H,12H2,1-3H3/b19-11-. The maximum atomic E-state index is 11.4. The Kier molecular flexibility index (Phi) is 6.19. The molecule has 0 amide bonds. The first-order chi connectivity index (χ1) is 11.7. The zero-order chi connectivity index (χ0) is 17.4. The summed E-state index contributed by atoms with van der Waals surface area (Å²) in [7, 11) is 4.52. The summed E-state index contributed by atoms with van der Waals surface area (Å²) >= 11 is 0. The van der Waals surface area contributed by atoms with E-state index in [0.717, 1.165) is 11.1 Å². The number of carbonyl (C=O) groups excluding carboxylic acids is 1. The van der Waals surface area contributed by atoms with Crippen LogP contribution >= 0.6 is 0 Å². The quantitative estimate of drug-likeness (QED) is 0.444. The number of hydrogen-bond donors (Lipinski definition) is 0. The number of hydrogen-bond acceptors (Lipinski definition) is 6. The van der Waals surface area contributed by atoms with E-state index in [1.807, 2.05) is 12.1 Å². The smallest absolute Gasteiger partial charge is 0.337 e. The third-order valence-corrected chi connectivity index (χ3v) is 3.31. The van der Waals surface area contributed by atoms with Crippen molar-refractivity contribution in [3.05, 3.63) is 59.2 Å². The highest BCUT2D eigenvalue weighted by atomic mass is 16.6. The van der Waals surface area contributed by atoms with Gasteiger partial charge in [-0.05, 0) is 29.8 Å². The van der Waals surface area contributed by atoms with Gasteiger partial charge in [0.1, 0.15) is 18.1 Å². The SMILES string of the molecule is COC(=O)c1ccc(CO/N=C\c2ccc(OC)cc2OC)cc1. The Balaban J connectivity index is 1.94. The van der Waals surface area contributed by atoms with E-state index in [4.69, 9.17) is 14.3 Å². The van der Waals surface area contributed by atoms with Crippen LogP contribution in [0.1, 0.15) is 21.5 Å². The Hall–Kier alpha value is -3.02. The first-order valence-electron chi connectivity index (χ1n) is 7.22. The van der Waals surface area contributed by atoms with Crippen LogP contribution in [0.3, 0.4) is 0 Å².